The number of amides is 1. The van der Waals surface area contributed by atoms with Crippen LogP contribution in [0.2, 0.25) is 0 Å². The molecular formula is C8H9FN2O2. The first-order chi connectivity index (χ1) is 6.24. The Morgan fingerprint density at radius 3 is 2.92 bits per heavy atom. The fraction of sp³-hybridized carbons (Fsp3) is 0.250. The summed E-state index contributed by atoms with van der Waals surface area (Å²) in [6.45, 7) is 0.0522. The monoisotopic (exact) mass is 184 g/mol. The number of carbonyl (C=O) groups is 1. The van der Waals surface area contributed by atoms with E-state index in [1.54, 1.807) is 0 Å². The Morgan fingerprint density at radius 2 is 2.38 bits per heavy atom. The third kappa shape index (κ3) is 2.79. The Morgan fingerprint density at radius 1 is 1.62 bits per heavy atom. The second-order valence-corrected chi connectivity index (χ2v) is 2.35. The molecule has 0 fully saturated rings. The van der Waals surface area contributed by atoms with E-state index in [1.165, 1.54) is 6.07 Å². The van der Waals surface area contributed by atoms with Crippen molar-refractivity contribution >= 4 is 5.91 Å². The second-order valence-electron chi connectivity index (χ2n) is 2.35. The highest BCUT2D eigenvalue weighted by Gasteiger charge is 2.04. The second kappa shape index (κ2) is 4.51. The zero-order valence-electron chi connectivity index (χ0n) is 6.83. The third-order valence-electron chi connectivity index (χ3n) is 1.39. The van der Waals surface area contributed by atoms with Gasteiger partial charge in [0, 0.05) is 12.7 Å². The summed E-state index contributed by atoms with van der Waals surface area (Å²) >= 11 is 0. The quantitative estimate of drug-likeness (QED) is 0.647. The van der Waals surface area contributed by atoms with Gasteiger partial charge in [-0.05, 0) is 12.1 Å². The summed E-state index contributed by atoms with van der Waals surface area (Å²) in [5, 5.41) is 10.8. The van der Waals surface area contributed by atoms with Gasteiger partial charge in [-0.15, -0.1) is 0 Å². The number of aromatic nitrogens is 1. The molecule has 0 radical (unpaired) electrons. The molecule has 0 aliphatic rings. The molecule has 70 valence electrons. The number of hydrogen-bond acceptors (Lipinski definition) is 3. The minimum atomic E-state index is -0.626. The van der Waals surface area contributed by atoms with E-state index in [4.69, 9.17) is 5.11 Å². The number of aliphatic hydroxyl groups excluding tert-OH is 1. The SMILES string of the molecule is O=C(NCCO)c1ccc(F)nc1. The van der Waals surface area contributed by atoms with Gasteiger partial charge in [0.05, 0.1) is 12.2 Å². The van der Waals surface area contributed by atoms with E-state index in [2.05, 4.69) is 10.3 Å². The van der Waals surface area contributed by atoms with Crippen LogP contribution in [0.4, 0.5) is 4.39 Å². The Hall–Kier alpha value is -1.49. The standard InChI is InChI=1S/C8H9FN2O2/c9-7-2-1-6(5-11-7)8(13)10-3-4-12/h1-2,5,12H,3-4H2,(H,10,13). The molecule has 0 aromatic carbocycles. The van der Waals surface area contributed by atoms with E-state index >= 15 is 0 Å². The number of aliphatic hydroxyl groups is 1. The molecule has 0 saturated heterocycles. The van der Waals surface area contributed by atoms with Crippen LogP contribution in [0.25, 0.3) is 0 Å². The zero-order valence-corrected chi connectivity index (χ0v) is 6.83. The van der Waals surface area contributed by atoms with Gasteiger partial charge in [-0.2, -0.15) is 4.39 Å². The van der Waals surface area contributed by atoms with E-state index in [-0.39, 0.29) is 24.6 Å². The van der Waals surface area contributed by atoms with Gasteiger partial charge < -0.3 is 10.4 Å². The Labute approximate surface area is 74.4 Å². The summed E-state index contributed by atoms with van der Waals surface area (Å²) in [5.41, 5.74) is 0.273. The van der Waals surface area contributed by atoms with Crippen LogP contribution >= 0.6 is 0 Å². The number of nitrogens with zero attached hydrogens (tertiary/aromatic N) is 1. The molecule has 1 aromatic heterocycles. The minimum Gasteiger partial charge on any atom is -0.395 e. The van der Waals surface area contributed by atoms with Crippen LogP contribution in [0.1, 0.15) is 10.4 Å². The average molecular weight is 184 g/mol. The number of nitrogens with one attached hydrogen (secondary N) is 1. The first-order valence-corrected chi connectivity index (χ1v) is 3.74. The lowest BCUT2D eigenvalue weighted by Crippen LogP contribution is -2.26. The summed E-state index contributed by atoms with van der Waals surface area (Å²) in [6.07, 6.45) is 1.14. The van der Waals surface area contributed by atoms with Crippen LogP contribution < -0.4 is 5.32 Å². The maximum atomic E-state index is 12.3. The normalized spacial score (nSPS) is 9.69. The smallest absolute Gasteiger partial charge is 0.252 e. The summed E-state index contributed by atoms with van der Waals surface area (Å²) < 4.78 is 12.3. The van der Waals surface area contributed by atoms with Gasteiger partial charge >= 0.3 is 0 Å². The molecule has 1 aromatic rings. The van der Waals surface area contributed by atoms with Crippen LogP contribution in [-0.4, -0.2) is 29.1 Å². The van der Waals surface area contributed by atoms with Crippen molar-refractivity contribution in [1.82, 2.24) is 10.3 Å². The van der Waals surface area contributed by atoms with Crippen LogP contribution in [0, 0.1) is 5.95 Å². The first kappa shape index (κ1) is 9.60. The van der Waals surface area contributed by atoms with E-state index < -0.39 is 5.95 Å². The molecule has 4 nitrogen and oxygen atoms in total. The van der Waals surface area contributed by atoms with Crippen LogP contribution in [-0.2, 0) is 0 Å². The van der Waals surface area contributed by atoms with E-state index in [0.29, 0.717) is 0 Å². The van der Waals surface area contributed by atoms with Gasteiger partial charge in [-0.3, -0.25) is 4.79 Å². The molecule has 0 bridgehead atoms. The van der Waals surface area contributed by atoms with Crippen molar-refractivity contribution in [3.8, 4) is 0 Å². The highest BCUT2D eigenvalue weighted by atomic mass is 19.1. The fourth-order valence-corrected chi connectivity index (χ4v) is 0.782. The lowest BCUT2D eigenvalue weighted by atomic mass is 10.3. The third-order valence-corrected chi connectivity index (χ3v) is 1.39. The minimum absolute atomic E-state index is 0.125. The van der Waals surface area contributed by atoms with Crippen molar-refractivity contribution in [2.45, 2.75) is 0 Å². The molecule has 0 spiro atoms. The Bertz CT molecular complexity index is 287. The van der Waals surface area contributed by atoms with Crippen LogP contribution in [0.15, 0.2) is 18.3 Å². The lowest BCUT2D eigenvalue weighted by Gasteiger charge is -2.01. The molecule has 1 heterocycles. The average Bonchev–Trinajstić information content (AvgIpc) is 2.15. The van der Waals surface area contributed by atoms with Gasteiger partial charge in [0.1, 0.15) is 0 Å². The van der Waals surface area contributed by atoms with Crippen molar-refractivity contribution in [2.24, 2.45) is 0 Å². The van der Waals surface area contributed by atoms with E-state index in [0.717, 1.165) is 12.3 Å². The molecular weight excluding hydrogens is 175 g/mol. The number of pyridine rings is 1. The number of hydrogen-bond donors (Lipinski definition) is 2. The fourth-order valence-electron chi connectivity index (χ4n) is 0.782. The molecule has 0 aliphatic heterocycles. The summed E-state index contributed by atoms with van der Waals surface area (Å²) in [5.74, 6) is -1.000. The Balaban J connectivity index is 2.61. The molecule has 0 saturated carbocycles. The van der Waals surface area contributed by atoms with Crippen molar-refractivity contribution < 1.29 is 14.3 Å². The molecule has 0 atom stereocenters. The molecule has 0 aliphatic carbocycles. The summed E-state index contributed by atoms with van der Waals surface area (Å²) in [7, 11) is 0. The predicted octanol–water partition coefficient (Wildman–Crippen LogP) is -0.0572. The lowest BCUT2D eigenvalue weighted by molar-refractivity contribution is 0.0944. The molecule has 1 rings (SSSR count). The van der Waals surface area contributed by atoms with Crippen molar-refractivity contribution in [1.29, 1.82) is 0 Å². The zero-order chi connectivity index (χ0) is 9.68. The number of halogens is 1. The van der Waals surface area contributed by atoms with Gasteiger partial charge in [0.2, 0.25) is 5.95 Å². The van der Waals surface area contributed by atoms with Gasteiger partial charge in [-0.1, -0.05) is 0 Å². The van der Waals surface area contributed by atoms with Crippen molar-refractivity contribution in [3.63, 3.8) is 0 Å². The topological polar surface area (TPSA) is 62.2 Å². The first-order valence-electron chi connectivity index (χ1n) is 3.74. The van der Waals surface area contributed by atoms with Gasteiger partial charge in [0.15, 0.2) is 0 Å². The van der Waals surface area contributed by atoms with Crippen LogP contribution in [0.3, 0.4) is 0 Å². The van der Waals surface area contributed by atoms with Gasteiger partial charge in [-0.25, -0.2) is 4.98 Å². The number of carbonyl (C=O) groups excluding carboxylic acids is 1. The van der Waals surface area contributed by atoms with E-state index in [1.807, 2.05) is 0 Å². The summed E-state index contributed by atoms with van der Waals surface area (Å²) in [4.78, 5) is 14.4. The molecule has 2 N–H and O–H groups in total. The molecule has 0 unspecified atom stereocenters. The van der Waals surface area contributed by atoms with Crippen LogP contribution in [0.5, 0.6) is 0 Å². The maximum Gasteiger partial charge on any atom is 0.252 e. The van der Waals surface area contributed by atoms with Crippen molar-refractivity contribution in [2.75, 3.05) is 13.2 Å². The number of rotatable bonds is 3. The molecule has 13 heavy (non-hydrogen) atoms. The van der Waals surface area contributed by atoms with Crippen molar-refractivity contribution in [3.05, 3.63) is 29.8 Å². The van der Waals surface area contributed by atoms with Gasteiger partial charge in [0.25, 0.3) is 5.91 Å². The predicted molar refractivity (Wildman–Crippen MR) is 43.6 cm³/mol. The Kier molecular flexibility index (Phi) is 3.33. The maximum absolute atomic E-state index is 12.3. The molecule has 1 amide bonds. The van der Waals surface area contributed by atoms with E-state index in [9.17, 15) is 9.18 Å². The highest BCUT2D eigenvalue weighted by Crippen LogP contribution is 1.97. The highest BCUT2D eigenvalue weighted by molar-refractivity contribution is 5.93. The largest absolute Gasteiger partial charge is 0.395 e. The summed E-state index contributed by atoms with van der Waals surface area (Å²) in [6, 6.07) is 2.43. The molecule has 5 heteroatoms.